The molecule has 166 valence electrons. The molecule has 0 saturated heterocycles. The van der Waals surface area contributed by atoms with E-state index in [0.717, 1.165) is 5.56 Å². The van der Waals surface area contributed by atoms with Gasteiger partial charge in [0.05, 0.1) is 22.0 Å². The van der Waals surface area contributed by atoms with Crippen LogP contribution in [-0.2, 0) is 14.6 Å². The Morgan fingerprint density at radius 2 is 1.66 bits per heavy atom. The molecule has 0 saturated carbocycles. The van der Waals surface area contributed by atoms with Crippen LogP contribution in [0.25, 0.3) is 0 Å². The Bertz CT molecular complexity index is 1290. The fourth-order valence-corrected chi connectivity index (χ4v) is 5.05. The maximum absolute atomic E-state index is 13.4. The molecular formula is C24H23ClN2O4S. The smallest absolute Gasteiger partial charge is 0.243 e. The molecule has 0 aliphatic carbocycles. The molecule has 0 heterocycles. The lowest BCUT2D eigenvalue weighted by molar-refractivity contribution is -0.114. The molecule has 3 aromatic carbocycles. The molecule has 0 aromatic heterocycles. The monoisotopic (exact) mass is 470 g/mol. The van der Waals surface area contributed by atoms with Gasteiger partial charge >= 0.3 is 0 Å². The molecule has 0 atom stereocenters. The minimum absolute atomic E-state index is 0.105. The number of nitrogens with one attached hydrogen (secondary N) is 2. The van der Waals surface area contributed by atoms with Crippen LogP contribution in [-0.4, -0.2) is 26.7 Å². The Morgan fingerprint density at radius 1 is 0.969 bits per heavy atom. The molecule has 3 rings (SSSR count). The molecule has 8 heteroatoms. The molecule has 3 aromatic rings. The predicted molar refractivity (Wildman–Crippen MR) is 126 cm³/mol. The molecule has 0 unspecified atom stereocenters. The normalized spacial score (nSPS) is 11.1. The van der Waals surface area contributed by atoms with Crippen LogP contribution in [0.5, 0.6) is 0 Å². The maximum atomic E-state index is 13.4. The van der Waals surface area contributed by atoms with E-state index in [1.54, 1.807) is 43.3 Å². The van der Waals surface area contributed by atoms with Crippen molar-refractivity contribution in [1.82, 2.24) is 0 Å². The van der Waals surface area contributed by atoms with E-state index in [1.165, 1.54) is 31.2 Å². The van der Waals surface area contributed by atoms with E-state index in [4.69, 9.17) is 11.6 Å². The largest absolute Gasteiger partial charge is 0.375 e. The molecule has 1 amide bonds. The Morgan fingerprint density at radius 3 is 2.31 bits per heavy atom. The molecule has 6 nitrogen and oxygen atoms in total. The van der Waals surface area contributed by atoms with E-state index in [-0.39, 0.29) is 28.0 Å². The van der Waals surface area contributed by atoms with Gasteiger partial charge in [-0.1, -0.05) is 29.8 Å². The summed E-state index contributed by atoms with van der Waals surface area (Å²) in [6.45, 7) is 4.85. The number of carbonyl (C=O) groups excluding carboxylic acids is 2. The summed E-state index contributed by atoms with van der Waals surface area (Å²) in [4.78, 5) is 24.2. The van der Waals surface area contributed by atoms with Crippen LogP contribution in [0.4, 0.5) is 11.4 Å². The van der Waals surface area contributed by atoms with Crippen molar-refractivity contribution in [3.8, 4) is 0 Å². The van der Waals surface area contributed by atoms with Gasteiger partial charge in [-0.2, -0.15) is 0 Å². The van der Waals surface area contributed by atoms with Crippen molar-refractivity contribution >= 4 is 44.5 Å². The van der Waals surface area contributed by atoms with Crippen molar-refractivity contribution in [2.24, 2.45) is 0 Å². The summed E-state index contributed by atoms with van der Waals surface area (Å²) in [5.41, 5.74) is 2.71. The number of benzene rings is 3. The van der Waals surface area contributed by atoms with Gasteiger partial charge in [0.25, 0.3) is 0 Å². The molecule has 0 fully saturated rings. The van der Waals surface area contributed by atoms with Gasteiger partial charge in [-0.05, 0) is 74.4 Å². The number of halogens is 1. The van der Waals surface area contributed by atoms with Crippen LogP contribution in [0.3, 0.4) is 0 Å². The third-order valence-electron chi connectivity index (χ3n) is 5.06. The zero-order valence-electron chi connectivity index (χ0n) is 17.9. The van der Waals surface area contributed by atoms with Crippen molar-refractivity contribution in [2.45, 2.75) is 30.6 Å². The van der Waals surface area contributed by atoms with Crippen LogP contribution in [0.2, 0.25) is 5.02 Å². The van der Waals surface area contributed by atoms with Crippen molar-refractivity contribution < 1.29 is 18.0 Å². The van der Waals surface area contributed by atoms with Gasteiger partial charge in [0.15, 0.2) is 5.78 Å². The highest BCUT2D eigenvalue weighted by molar-refractivity contribution is 7.91. The third kappa shape index (κ3) is 5.18. The molecule has 0 aliphatic rings. The van der Waals surface area contributed by atoms with Gasteiger partial charge in [-0.3, -0.25) is 9.59 Å². The fourth-order valence-electron chi connectivity index (χ4n) is 3.20. The number of ketones is 1. The fraction of sp³-hybridized carbons (Fsp3) is 0.167. The first-order valence-electron chi connectivity index (χ1n) is 9.85. The van der Waals surface area contributed by atoms with E-state index >= 15 is 0 Å². The molecule has 0 aliphatic heterocycles. The van der Waals surface area contributed by atoms with E-state index in [2.05, 4.69) is 10.6 Å². The first-order chi connectivity index (χ1) is 15.1. The Kier molecular flexibility index (Phi) is 7.01. The summed E-state index contributed by atoms with van der Waals surface area (Å²) in [6, 6.07) is 16.0. The van der Waals surface area contributed by atoms with Crippen molar-refractivity contribution in [1.29, 1.82) is 0 Å². The standard InChI is InChI=1S/C24H23ClN2O4S/c1-15-7-12-22(24(16(15)2)32(30,31)21-10-8-19(25)9-11-21)26-14-23(29)27-20-6-4-5-18(13-20)17(3)28/h4-13,26H,14H2,1-3H3,(H,27,29). The minimum Gasteiger partial charge on any atom is -0.375 e. The topological polar surface area (TPSA) is 92.3 Å². The SMILES string of the molecule is CC(=O)c1cccc(NC(=O)CNc2ccc(C)c(C)c2S(=O)(=O)c2ccc(Cl)cc2)c1. The van der Waals surface area contributed by atoms with Gasteiger partial charge in [0, 0.05) is 16.3 Å². The lowest BCUT2D eigenvalue weighted by Crippen LogP contribution is -2.23. The highest BCUT2D eigenvalue weighted by Crippen LogP contribution is 2.33. The average Bonchev–Trinajstić information content (AvgIpc) is 2.74. The van der Waals surface area contributed by atoms with Crippen LogP contribution in [0, 0.1) is 13.8 Å². The molecular weight excluding hydrogens is 448 g/mol. The highest BCUT2D eigenvalue weighted by Gasteiger charge is 2.25. The van der Waals surface area contributed by atoms with E-state index in [0.29, 0.717) is 27.5 Å². The molecule has 0 spiro atoms. The van der Waals surface area contributed by atoms with Crippen LogP contribution < -0.4 is 10.6 Å². The number of sulfone groups is 1. The Hall–Kier alpha value is -3.16. The van der Waals surface area contributed by atoms with Crippen LogP contribution in [0.1, 0.15) is 28.4 Å². The van der Waals surface area contributed by atoms with Gasteiger partial charge in [-0.25, -0.2) is 8.42 Å². The summed E-state index contributed by atoms with van der Waals surface area (Å²) >= 11 is 5.90. The summed E-state index contributed by atoms with van der Waals surface area (Å²) in [5.74, 6) is -0.481. The Balaban J connectivity index is 1.85. The number of Topliss-reactive ketones (excluding diaryl/α,β-unsaturated/α-hetero) is 1. The van der Waals surface area contributed by atoms with E-state index in [9.17, 15) is 18.0 Å². The number of hydrogen-bond acceptors (Lipinski definition) is 5. The lowest BCUT2D eigenvalue weighted by atomic mass is 10.1. The van der Waals surface area contributed by atoms with Gasteiger partial charge in [-0.15, -0.1) is 0 Å². The lowest BCUT2D eigenvalue weighted by Gasteiger charge is -2.17. The van der Waals surface area contributed by atoms with Crippen molar-refractivity contribution in [3.05, 3.63) is 82.4 Å². The summed E-state index contributed by atoms with van der Waals surface area (Å²) in [6.07, 6.45) is 0. The van der Waals surface area contributed by atoms with Gasteiger partial charge in [0.1, 0.15) is 0 Å². The summed E-state index contributed by atoms with van der Waals surface area (Å²) in [7, 11) is -3.85. The third-order valence-corrected chi connectivity index (χ3v) is 7.27. The van der Waals surface area contributed by atoms with Crippen LogP contribution >= 0.6 is 11.6 Å². The second-order valence-electron chi connectivity index (χ2n) is 7.38. The zero-order chi connectivity index (χ0) is 23.5. The number of carbonyl (C=O) groups is 2. The second kappa shape index (κ2) is 9.54. The van der Waals surface area contributed by atoms with E-state index < -0.39 is 9.84 Å². The van der Waals surface area contributed by atoms with Crippen LogP contribution in [0.15, 0.2) is 70.5 Å². The molecule has 32 heavy (non-hydrogen) atoms. The highest BCUT2D eigenvalue weighted by atomic mass is 35.5. The first kappa shape index (κ1) is 23.5. The van der Waals surface area contributed by atoms with Gasteiger partial charge < -0.3 is 10.6 Å². The van der Waals surface area contributed by atoms with Gasteiger partial charge in [0.2, 0.25) is 15.7 Å². The summed E-state index contributed by atoms with van der Waals surface area (Å²) in [5, 5.41) is 6.09. The molecule has 2 N–H and O–H groups in total. The number of hydrogen-bond donors (Lipinski definition) is 2. The number of anilines is 2. The number of amides is 1. The molecule has 0 bridgehead atoms. The Labute approximate surface area is 192 Å². The van der Waals surface area contributed by atoms with E-state index in [1.807, 2.05) is 6.92 Å². The minimum atomic E-state index is -3.85. The zero-order valence-corrected chi connectivity index (χ0v) is 19.5. The van der Waals surface area contributed by atoms with Crippen molar-refractivity contribution in [3.63, 3.8) is 0 Å². The number of aryl methyl sites for hydroxylation is 1. The number of rotatable bonds is 7. The maximum Gasteiger partial charge on any atom is 0.243 e. The van der Waals surface area contributed by atoms with Crippen molar-refractivity contribution in [2.75, 3.05) is 17.2 Å². The second-order valence-corrected chi connectivity index (χ2v) is 9.70. The average molecular weight is 471 g/mol. The summed E-state index contributed by atoms with van der Waals surface area (Å²) < 4.78 is 26.7. The predicted octanol–water partition coefficient (Wildman–Crippen LogP) is 5.04. The molecule has 0 radical (unpaired) electrons. The first-order valence-corrected chi connectivity index (χ1v) is 11.7. The quantitative estimate of drug-likeness (QED) is 0.472.